The molecule has 1 aromatic carbocycles. The van der Waals surface area contributed by atoms with E-state index < -0.39 is 17.4 Å². The minimum Gasteiger partial charge on any atom is -0.384 e. The van der Waals surface area contributed by atoms with Gasteiger partial charge in [0.25, 0.3) is 5.91 Å². The van der Waals surface area contributed by atoms with Crippen molar-refractivity contribution in [3.05, 3.63) is 57.8 Å². The van der Waals surface area contributed by atoms with Crippen molar-refractivity contribution in [1.29, 1.82) is 0 Å². The number of hydrogen-bond donors (Lipinski definition) is 2. The molecule has 0 bridgehead atoms. The van der Waals surface area contributed by atoms with Crippen LogP contribution in [-0.4, -0.2) is 39.3 Å². The maximum Gasteiger partial charge on any atom is 0.421 e. The second kappa shape index (κ2) is 7.90. The summed E-state index contributed by atoms with van der Waals surface area (Å²) in [5.74, 6) is -0.202. The second-order valence-corrected chi connectivity index (χ2v) is 9.78. The standard InChI is InChI=1S/C23H26F3NO3S/c1-21(29,23(24,25)26)16-6-4-15(5-7-16)20(28)27(17-8-9-17)18-10-12-22(30,13-11-18)19-3-2-14-31-19/h2-7,14,17-18,29-30H,8-13H2,1H3/t18?,21-,22?/m0/s1. The van der Waals surface area contributed by atoms with E-state index >= 15 is 0 Å². The van der Waals surface area contributed by atoms with Crippen LogP contribution in [0.5, 0.6) is 0 Å². The molecule has 2 aliphatic rings. The number of halogens is 3. The topological polar surface area (TPSA) is 60.8 Å². The normalized spacial score (nSPS) is 26.3. The average molecular weight is 454 g/mol. The molecule has 31 heavy (non-hydrogen) atoms. The highest BCUT2D eigenvalue weighted by Crippen LogP contribution is 2.43. The van der Waals surface area contributed by atoms with Crippen molar-refractivity contribution in [3.8, 4) is 0 Å². The van der Waals surface area contributed by atoms with E-state index in [1.54, 1.807) is 0 Å². The molecule has 1 atom stereocenters. The lowest BCUT2D eigenvalue weighted by atomic mass is 9.80. The number of rotatable bonds is 5. The van der Waals surface area contributed by atoms with Crippen molar-refractivity contribution in [2.45, 2.75) is 74.9 Å². The lowest BCUT2D eigenvalue weighted by Crippen LogP contribution is -2.46. The Morgan fingerprint density at radius 3 is 2.13 bits per heavy atom. The second-order valence-electron chi connectivity index (χ2n) is 8.83. The molecule has 2 aromatic rings. The molecule has 4 nitrogen and oxygen atoms in total. The fourth-order valence-electron chi connectivity index (χ4n) is 4.38. The molecule has 0 spiro atoms. The summed E-state index contributed by atoms with van der Waals surface area (Å²) in [4.78, 5) is 16.1. The van der Waals surface area contributed by atoms with Gasteiger partial charge in [-0.05, 0) is 74.6 Å². The highest BCUT2D eigenvalue weighted by atomic mass is 32.1. The van der Waals surface area contributed by atoms with E-state index in [0.29, 0.717) is 38.2 Å². The van der Waals surface area contributed by atoms with E-state index in [1.807, 2.05) is 22.4 Å². The van der Waals surface area contributed by atoms with Gasteiger partial charge in [0.1, 0.15) is 0 Å². The summed E-state index contributed by atoms with van der Waals surface area (Å²) >= 11 is 1.53. The van der Waals surface area contributed by atoms with Gasteiger partial charge in [-0.1, -0.05) is 18.2 Å². The molecule has 1 heterocycles. The van der Waals surface area contributed by atoms with Crippen molar-refractivity contribution in [2.24, 2.45) is 0 Å². The van der Waals surface area contributed by atoms with Crippen LogP contribution in [-0.2, 0) is 11.2 Å². The van der Waals surface area contributed by atoms with E-state index in [2.05, 4.69) is 0 Å². The highest BCUT2D eigenvalue weighted by Gasteiger charge is 2.51. The first-order chi connectivity index (χ1) is 14.5. The quantitative estimate of drug-likeness (QED) is 0.673. The number of alkyl halides is 3. The van der Waals surface area contributed by atoms with Crippen molar-refractivity contribution in [3.63, 3.8) is 0 Å². The summed E-state index contributed by atoms with van der Waals surface area (Å²) in [6, 6.07) is 9.05. The van der Waals surface area contributed by atoms with E-state index in [4.69, 9.17) is 0 Å². The first kappa shape index (κ1) is 22.3. The molecular weight excluding hydrogens is 427 g/mol. The van der Waals surface area contributed by atoms with Gasteiger partial charge in [-0.25, -0.2) is 0 Å². The van der Waals surface area contributed by atoms with Gasteiger partial charge in [-0.3, -0.25) is 4.79 Å². The number of thiophene rings is 1. The number of aliphatic hydroxyl groups is 2. The monoisotopic (exact) mass is 453 g/mol. The van der Waals surface area contributed by atoms with E-state index in [0.717, 1.165) is 17.7 Å². The summed E-state index contributed by atoms with van der Waals surface area (Å²) in [6.07, 6.45) is -0.476. The summed E-state index contributed by atoms with van der Waals surface area (Å²) in [7, 11) is 0. The SMILES string of the molecule is C[C@](O)(c1ccc(C(=O)N(C2CC2)C2CCC(O)(c3cccs3)CC2)cc1)C(F)(F)F. The van der Waals surface area contributed by atoms with E-state index in [1.165, 1.54) is 35.6 Å². The molecule has 2 aliphatic carbocycles. The number of amides is 1. The molecule has 2 fully saturated rings. The van der Waals surface area contributed by atoms with Crippen LogP contribution in [0, 0.1) is 0 Å². The van der Waals surface area contributed by atoms with E-state index in [9.17, 15) is 28.2 Å². The van der Waals surface area contributed by atoms with Crippen molar-refractivity contribution in [2.75, 3.05) is 0 Å². The van der Waals surface area contributed by atoms with Gasteiger partial charge in [-0.2, -0.15) is 13.2 Å². The van der Waals surface area contributed by atoms with Gasteiger partial charge in [-0.15, -0.1) is 11.3 Å². The Labute approximate surface area is 183 Å². The fourth-order valence-corrected chi connectivity index (χ4v) is 5.26. The van der Waals surface area contributed by atoms with Crippen LogP contribution in [0.2, 0.25) is 0 Å². The third-order valence-electron chi connectivity index (χ3n) is 6.58. The average Bonchev–Trinajstić information content (AvgIpc) is 3.39. The Hall–Kier alpha value is -1.90. The fraction of sp³-hybridized carbons (Fsp3) is 0.522. The highest BCUT2D eigenvalue weighted by molar-refractivity contribution is 7.10. The minimum atomic E-state index is -4.81. The van der Waals surface area contributed by atoms with Crippen molar-refractivity contribution in [1.82, 2.24) is 4.90 Å². The zero-order valence-corrected chi connectivity index (χ0v) is 18.0. The maximum atomic E-state index is 13.3. The number of carbonyl (C=O) groups excluding carboxylic acids is 1. The van der Waals surface area contributed by atoms with Gasteiger partial charge in [0.15, 0.2) is 5.60 Å². The van der Waals surface area contributed by atoms with Gasteiger partial charge in [0, 0.05) is 22.5 Å². The van der Waals surface area contributed by atoms with Gasteiger partial charge < -0.3 is 15.1 Å². The maximum absolute atomic E-state index is 13.3. The largest absolute Gasteiger partial charge is 0.421 e. The Balaban J connectivity index is 1.49. The van der Waals surface area contributed by atoms with Gasteiger partial charge in [0.05, 0.1) is 5.60 Å². The summed E-state index contributed by atoms with van der Waals surface area (Å²) < 4.78 is 39.2. The van der Waals surface area contributed by atoms with E-state index in [-0.39, 0.29) is 23.6 Å². The first-order valence-electron chi connectivity index (χ1n) is 10.5. The van der Waals surface area contributed by atoms with Gasteiger partial charge in [0.2, 0.25) is 0 Å². The molecular formula is C23H26F3NO3S. The van der Waals surface area contributed by atoms with Crippen LogP contribution in [0.25, 0.3) is 0 Å². The third kappa shape index (κ3) is 4.25. The van der Waals surface area contributed by atoms with Crippen LogP contribution in [0.15, 0.2) is 41.8 Å². The van der Waals surface area contributed by atoms with Crippen LogP contribution in [0.3, 0.4) is 0 Å². The summed E-state index contributed by atoms with van der Waals surface area (Å²) in [6.45, 7) is 0.705. The molecule has 2 N–H and O–H groups in total. The molecule has 1 amide bonds. The minimum absolute atomic E-state index is 0.00167. The smallest absolute Gasteiger partial charge is 0.384 e. The zero-order valence-electron chi connectivity index (χ0n) is 17.2. The third-order valence-corrected chi connectivity index (χ3v) is 7.64. The molecule has 8 heteroatoms. The first-order valence-corrected chi connectivity index (χ1v) is 11.4. The van der Waals surface area contributed by atoms with Crippen LogP contribution in [0.4, 0.5) is 13.2 Å². The molecule has 168 valence electrons. The zero-order chi connectivity index (χ0) is 22.4. The molecule has 0 unspecified atom stereocenters. The molecule has 0 radical (unpaired) electrons. The van der Waals surface area contributed by atoms with Crippen LogP contribution < -0.4 is 0 Å². The number of nitrogens with zero attached hydrogens (tertiary/aromatic N) is 1. The summed E-state index contributed by atoms with van der Waals surface area (Å²) in [5.41, 5.74) is -3.81. The van der Waals surface area contributed by atoms with Gasteiger partial charge >= 0.3 is 6.18 Å². The summed E-state index contributed by atoms with van der Waals surface area (Å²) in [5, 5.41) is 22.8. The Morgan fingerprint density at radius 1 is 1.06 bits per heavy atom. The lowest BCUT2D eigenvalue weighted by molar-refractivity contribution is -0.258. The van der Waals surface area contributed by atoms with Crippen molar-refractivity contribution < 1.29 is 28.2 Å². The number of benzene rings is 1. The van der Waals surface area contributed by atoms with Crippen LogP contribution in [0.1, 0.15) is 66.2 Å². The Kier molecular flexibility index (Phi) is 5.69. The molecule has 0 saturated heterocycles. The Morgan fingerprint density at radius 2 is 1.65 bits per heavy atom. The molecule has 2 saturated carbocycles. The lowest BCUT2D eigenvalue weighted by Gasteiger charge is -2.41. The number of carbonyl (C=O) groups is 1. The van der Waals surface area contributed by atoms with Crippen molar-refractivity contribution >= 4 is 17.2 Å². The number of hydrogen-bond acceptors (Lipinski definition) is 4. The molecule has 0 aliphatic heterocycles. The predicted molar refractivity (Wildman–Crippen MR) is 112 cm³/mol. The molecule has 4 rings (SSSR count). The Bertz CT molecular complexity index is 913. The predicted octanol–water partition coefficient (Wildman–Crippen LogP) is 4.95. The van der Waals surface area contributed by atoms with Crippen LogP contribution >= 0.6 is 11.3 Å². The molecule has 1 aromatic heterocycles.